The maximum absolute atomic E-state index is 5.52. The van der Waals surface area contributed by atoms with Gasteiger partial charge in [0.05, 0.1) is 11.9 Å². The van der Waals surface area contributed by atoms with Crippen LogP contribution in [0.1, 0.15) is 25.6 Å². The van der Waals surface area contributed by atoms with Crippen molar-refractivity contribution >= 4 is 11.5 Å². The van der Waals surface area contributed by atoms with Crippen LogP contribution in [0.15, 0.2) is 6.20 Å². The fourth-order valence-corrected chi connectivity index (χ4v) is 0.898. The largest absolute Gasteiger partial charge is 0.394 e. The normalized spacial score (nSPS) is 10.1. The highest BCUT2D eigenvalue weighted by Gasteiger charge is 1.99. The molecule has 66 valence electrons. The highest BCUT2D eigenvalue weighted by Crippen LogP contribution is 2.09. The van der Waals surface area contributed by atoms with Gasteiger partial charge in [0.2, 0.25) is 0 Å². The van der Waals surface area contributed by atoms with Gasteiger partial charge in [0.15, 0.2) is 0 Å². The molecule has 0 saturated heterocycles. The summed E-state index contributed by atoms with van der Waals surface area (Å²) in [5.74, 6) is 1.17. The molecule has 1 aromatic heterocycles. The second-order valence-corrected chi connectivity index (χ2v) is 2.73. The molecular formula is C8H14N4. The van der Waals surface area contributed by atoms with Crippen molar-refractivity contribution in [1.29, 1.82) is 0 Å². The third-order valence-corrected chi connectivity index (χ3v) is 1.65. The zero-order valence-corrected chi connectivity index (χ0v) is 7.25. The average Bonchev–Trinajstić information content (AvgIpc) is 2.07. The number of unbranched alkanes of at least 4 members (excludes halogenated alkanes) is 1. The second kappa shape index (κ2) is 3.90. The molecule has 0 bridgehead atoms. The van der Waals surface area contributed by atoms with Gasteiger partial charge in [-0.3, -0.25) is 0 Å². The Morgan fingerprint density at radius 3 is 2.75 bits per heavy atom. The smallest absolute Gasteiger partial charge is 0.150 e. The summed E-state index contributed by atoms with van der Waals surface area (Å²) >= 11 is 0. The van der Waals surface area contributed by atoms with Crippen LogP contribution in [0.4, 0.5) is 11.5 Å². The monoisotopic (exact) mass is 166 g/mol. The van der Waals surface area contributed by atoms with Gasteiger partial charge in [0.25, 0.3) is 0 Å². The fraction of sp³-hybridized carbons (Fsp3) is 0.500. The van der Waals surface area contributed by atoms with Crippen molar-refractivity contribution in [2.24, 2.45) is 0 Å². The molecule has 0 saturated carbocycles. The van der Waals surface area contributed by atoms with Gasteiger partial charge < -0.3 is 11.5 Å². The van der Waals surface area contributed by atoms with E-state index in [-0.39, 0.29) is 0 Å². The van der Waals surface area contributed by atoms with Crippen molar-refractivity contribution in [3.05, 3.63) is 12.0 Å². The van der Waals surface area contributed by atoms with E-state index in [4.69, 9.17) is 11.5 Å². The van der Waals surface area contributed by atoms with Crippen LogP contribution in [-0.4, -0.2) is 9.97 Å². The molecule has 1 aromatic rings. The van der Waals surface area contributed by atoms with Crippen molar-refractivity contribution in [1.82, 2.24) is 9.97 Å². The number of aryl methyl sites for hydroxylation is 1. The van der Waals surface area contributed by atoms with Crippen molar-refractivity contribution in [2.45, 2.75) is 26.2 Å². The Balaban J connectivity index is 2.69. The Labute approximate surface area is 72.0 Å². The van der Waals surface area contributed by atoms with E-state index >= 15 is 0 Å². The van der Waals surface area contributed by atoms with Gasteiger partial charge in [-0.15, -0.1) is 0 Å². The van der Waals surface area contributed by atoms with E-state index in [0.29, 0.717) is 11.5 Å². The Hall–Kier alpha value is -1.32. The Morgan fingerprint density at radius 2 is 2.17 bits per heavy atom. The van der Waals surface area contributed by atoms with E-state index < -0.39 is 0 Å². The van der Waals surface area contributed by atoms with E-state index in [9.17, 15) is 0 Å². The molecular weight excluding hydrogens is 152 g/mol. The van der Waals surface area contributed by atoms with Gasteiger partial charge in [0.1, 0.15) is 11.6 Å². The van der Waals surface area contributed by atoms with Crippen molar-refractivity contribution < 1.29 is 0 Å². The highest BCUT2D eigenvalue weighted by molar-refractivity contribution is 5.55. The Morgan fingerprint density at radius 1 is 1.42 bits per heavy atom. The molecule has 1 rings (SSSR count). The number of hydrogen-bond acceptors (Lipinski definition) is 4. The lowest BCUT2D eigenvalue weighted by atomic mass is 10.2. The molecule has 0 fully saturated rings. The van der Waals surface area contributed by atoms with Gasteiger partial charge >= 0.3 is 0 Å². The predicted octanol–water partition coefficient (Wildman–Crippen LogP) is 0.984. The Kier molecular flexibility index (Phi) is 2.85. The van der Waals surface area contributed by atoms with E-state index in [1.165, 1.54) is 0 Å². The lowest BCUT2D eigenvalue weighted by molar-refractivity contribution is 0.754. The first kappa shape index (κ1) is 8.77. The zero-order chi connectivity index (χ0) is 8.97. The molecule has 0 aliphatic rings. The number of rotatable bonds is 3. The van der Waals surface area contributed by atoms with Crippen molar-refractivity contribution in [3.63, 3.8) is 0 Å². The molecule has 12 heavy (non-hydrogen) atoms. The fourth-order valence-electron chi connectivity index (χ4n) is 0.898. The average molecular weight is 166 g/mol. The van der Waals surface area contributed by atoms with Gasteiger partial charge in [-0.1, -0.05) is 13.3 Å². The van der Waals surface area contributed by atoms with Crippen LogP contribution < -0.4 is 11.5 Å². The first-order valence-corrected chi connectivity index (χ1v) is 4.11. The number of anilines is 2. The van der Waals surface area contributed by atoms with Gasteiger partial charge in [-0.25, -0.2) is 9.97 Å². The second-order valence-electron chi connectivity index (χ2n) is 2.73. The van der Waals surface area contributed by atoms with Gasteiger partial charge in [0, 0.05) is 6.42 Å². The zero-order valence-electron chi connectivity index (χ0n) is 7.25. The third-order valence-electron chi connectivity index (χ3n) is 1.65. The molecule has 4 heteroatoms. The summed E-state index contributed by atoms with van der Waals surface area (Å²) in [4.78, 5) is 8.11. The molecule has 0 aliphatic carbocycles. The van der Waals surface area contributed by atoms with Gasteiger partial charge in [-0.05, 0) is 6.42 Å². The topological polar surface area (TPSA) is 77.8 Å². The highest BCUT2D eigenvalue weighted by atomic mass is 15.0. The quantitative estimate of drug-likeness (QED) is 0.701. The van der Waals surface area contributed by atoms with E-state index in [0.717, 1.165) is 25.1 Å². The molecule has 0 radical (unpaired) electrons. The van der Waals surface area contributed by atoms with Crippen molar-refractivity contribution in [3.8, 4) is 0 Å². The molecule has 1 heterocycles. The molecule has 0 aliphatic heterocycles. The predicted molar refractivity (Wildman–Crippen MR) is 49.5 cm³/mol. The van der Waals surface area contributed by atoms with E-state index in [2.05, 4.69) is 16.9 Å². The third kappa shape index (κ3) is 2.08. The lowest BCUT2D eigenvalue weighted by Crippen LogP contribution is -2.03. The van der Waals surface area contributed by atoms with Crippen LogP contribution in [0.3, 0.4) is 0 Å². The number of nitrogens with zero attached hydrogens (tertiary/aromatic N) is 2. The minimum absolute atomic E-state index is 0.385. The molecule has 0 aromatic carbocycles. The van der Waals surface area contributed by atoms with E-state index in [1.807, 2.05) is 0 Å². The number of hydrogen-bond donors (Lipinski definition) is 2. The molecule has 0 unspecified atom stereocenters. The minimum Gasteiger partial charge on any atom is -0.394 e. The summed E-state index contributed by atoms with van der Waals surface area (Å²) in [5.41, 5.74) is 11.4. The summed E-state index contributed by atoms with van der Waals surface area (Å²) in [5, 5.41) is 0. The van der Waals surface area contributed by atoms with Crippen molar-refractivity contribution in [2.75, 3.05) is 11.5 Å². The summed E-state index contributed by atoms with van der Waals surface area (Å²) < 4.78 is 0. The molecule has 0 amide bonds. The summed E-state index contributed by atoms with van der Waals surface area (Å²) in [6, 6.07) is 0. The van der Waals surface area contributed by atoms with E-state index in [1.54, 1.807) is 6.20 Å². The first-order valence-electron chi connectivity index (χ1n) is 4.11. The molecule has 4 N–H and O–H groups in total. The Bertz CT molecular complexity index is 259. The number of aromatic nitrogens is 2. The summed E-state index contributed by atoms with van der Waals surface area (Å²) in [6.07, 6.45) is 4.66. The molecule has 0 atom stereocenters. The first-order chi connectivity index (χ1) is 5.74. The standard InChI is InChI=1S/C8H14N4/c1-2-3-4-7-11-5-6(9)8(10)12-7/h5H,2-4,9H2,1H3,(H2,10,11,12). The number of nitrogens with two attached hydrogens (primary N) is 2. The van der Waals surface area contributed by atoms with Gasteiger partial charge in [-0.2, -0.15) is 0 Å². The van der Waals surface area contributed by atoms with Crippen LogP contribution in [-0.2, 0) is 6.42 Å². The van der Waals surface area contributed by atoms with Crippen LogP contribution in [0.5, 0.6) is 0 Å². The van der Waals surface area contributed by atoms with Crippen LogP contribution in [0, 0.1) is 0 Å². The van der Waals surface area contributed by atoms with Crippen LogP contribution in [0.25, 0.3) is 0 Å². The minimum atomic E-state index is 0.385. The van der Waals surface area contributed by atoms with Crippen LogP contribution >= 0.6 is 0 Å². The summed E-state index contributed by atoms with van der Waals surface area (Å²) in [7, 11) is 0. The lowest BCUT2D eigenvalue weighted by Gasteiger charge is -2.01. The summed E-state index contributed by atoms with van der Waals surface area (Å²) in [6.45, 7) is 2.13. The maximum atomic E-state index is 5.52. The SMILES string of the molecule is CCCCc1ncc(N)c(N)n1. The molecule has 0 spiro atoms. The van der Waals surface area contributed by atoms with Crippen LogP contribution in [0.2, 0.25) is 0 Å². The molecule has 4 nitrogen and oxygen atoms in total. The number of nitrogen functional groups attached to an aromatic ring is 2. The maximum Gasteiger partial charge on any atom is 0.150 e.